The molecule has 0 aromatic carbocycles. The first-order valence-corrected chi connectivity index (χ1v) is 6.96. The zero-order valence-electron chi connectivity index (χ0n) is 13.7. The van der Waals surface area contributed by atoms with Gasteiger partial charge in [0.15, 0.2) is 0 Å². The zero-order valence-corrected chi connectivity index (χ0v) is 13.7. The third kappa shape index (κ3) is 9.47. The van der Waals surface area contributed by atoms with E-state index in [4.69, 9.17) is 4.74 Å². The summed E-state index contributed by atoms with van der Waals surface area (Å²) in [5.74, 6) is 0.409. The van der Waals surface area contributed by atoms with Crippen LogP contribution >= 0.6 is 0 Å². The first kappa shape index (κ1) is 18.5. The van der Waals surface area contributed by atoms with Crippen molar-refractivity contribution in [2.75, 3.05) is 20.6 Å². The van der Waals surface area contributed by atoms with Crippen molar-refractivity contribution in [3.8, 4) is 0 Å². The van der Waals surface area contributed by atoms with E-state index < -0.39 is 11.7 Å². The summed E-state index contributed by atoms with van der Waals surface area (Å²) in [7, 11) is 3.35. The summed E-state index contributed by atoms with van der Waals surface area (Å²) in [6, 6.07) is -0.321. The molecule has 0 heterocycles. The summed E-state index contributed by atoms with van der Waals surface area (Å²) in [4.78, 5) is 24.7. The van der Waals surface area contributed by atoms with Gasteiger partial charge in [-0.05, 0) is 33.1 Å². The summed E-state index contributed by atoms with van der Waals surface area (Å²) < 4.78 is 5.23. The van der Waals surface area contributed by atoms with Gasteiger partial charge in [-0.2, -0.15) is 0 Å². The molecule has 2 N–H and O–H groups in total. The second-order valence-corrected chi connectivity index (χ2v) is 6.55. The van der Waals surface area contributed by atoms with E-state index in [1.54, 1.807) is 14.1 Å². The minimum Gasteiger partial charge on any atom is -0.444 e. The maximum Gasteiger partial charge on any atom is 0.407 e. The fourth-order valence-corrected chi connectivity index (χ4v) is 1.61. The number of ether oxygens (including phenoxy) is 1. The SMILES string of the molecule is CC(C)C[C@@H](CNC(=O)N(C)C)NC(=O)OC(C)(C)C. The van der Waals surface area contributed by atoms with Crippen LogP contribution in [0.3, 0.4) is 0 Å². The van der Waals surface area contributed by atoms with E-state index in [2.05, 4.69) is 24.5 Å². The first-order valence-electron chi connectivity index (χ1n) is 6.96. The van der Waals surface area contributed by atoms with Crippen molar-refractivity contribution in [1.82, 2.24) is 15.5 Å². The Bertz CT molecular complexity index is 322. The lowest BCUT2D eigenvalue weighted by Gasteiger charge is -2.25. The fraction of sp³-hybridized carbons (Fsp3) is 0.857. The molecule has 6 heteroatoms. The van der Waals surface area contributed by atoms with Crippen LogP contribution in [0.25, 0.3) is 0 Å². The van der Waals surface area contributed by atoms with E-state index in [1.807, 2.05) is 20.8 Å². The highest BCUT2D eigenvalue weighted by molar-refractivity contribution is 5.73. The van der Waals surface area contributed by atoms with Crippen molar-refractivity contribution in [3.63, 3.8) is 0 Å². The molecule has 20 heavy (non-hydrogen) atoms. The number of amides is 3. The maximum atomic E-state index is 11.8. The predicted molar refractivity (Wildman–Crippen MR) is 79.7 cm³/mol. The molecule has 0 bridgehead atoms. The van der Waals surface area contributed by atoms with E-state index in [0.29, 0.717) is 12.5 Å². The molecule has 0 aliphatic heterocycles. The molecule has 0 saturated carbocycles. The van der Waals surface area contributed by atoms with Crippen molar-refractivity contribution >= 4 is 12.1 Å². The minimum atomic E-state index is -0.528. The molecule has 118 valence electrons. The van der Waals surface area contributed by atoms with Crippen LogP contribution in [0.1, 0.15) is 41.0 Å². The molecule has 0 rings (SSSR count). The minimum absolute atomic E-state index is 0.145. The topological polar surface area (TPSA) is 70.7 Å². The quantitative estimate of drug-likeness (QED) is 0.814. The van der Waals surface area contributed by atoms with Gasteiger partial charge < -0.3 is 20.3 Å². The lowest BCUT2D eigenvalue weighted by Crippen LogP contribution is -2.47. The Morgan fingerprint density at radius 2 is 1.75 bits per heavy atom. The van der Waals surface area contributed by atoms with Crippen LogP contribution in [-0.4, -0.2) is 49.3 Å². The summed E-state index contributed by atoms with van der Waals surface area (Å²) in [6.07, 6.45) is 0.315. The molecule has 0 aromatic rings. The molecule has 0 unspecified atom stereocenters. The number of hydrogen-bond acceptors (Lipinski definition) is 3. The number of nitrogens with one attached hydrogen (secondary N) is 2. The second-order valence-electron chi connectivity index (χ2n) is 6.55. The largest absolute Gasteiger partial charge is 0.444 e. The Labute approximate surface area is 122 Å². The van der Waals surface area contributed by atoms with Gasteiger partial charge in [-0.25, -0.2) is 9.59 Å². The lowest BCUT2D eigenvalue weighted by atomic mass is 10.0. The van der Waals surface area contributed by atoms with Gasteiger partial charge in [0.05, 0.1) is 0 Å². The van der Waals surface area contributed by atoms with Crippen molar-refractivity contribution in [3.05, 3.63) is 0 Å². The van der Waals surface area contributed by atoms with Crippen LogP contribution < -0.4 is 10.6 Å². The van der Waals surface area contributed by atoms with Crippen molar-refractivity contribution in [2.24, 2.45) is 5.92 Å². The summed E-state index contributed by atoms with van der Waals surface area (Å²) in [6.45, 7) is 9.97. The fourth-order valence-electron chi connectivity index (χ4n) is 1.61. The number of hydrogen-bond donors (Lipinski definition) is 2. The van der Waals surface area contributed by atoms with E-state index in [1.165, 1.54) is 4.90 Å². The van der Waals surface area contributed by atoms with E-state index in [-0.39, 0.29) is 12.1 Å². The number of rotatable bonds is 5. The van der Waals surface area contributed by atoms with Crippen LogP contribution in [0.2, 0.25) is 0 Å². The molecule has 0 radical (unpaired) electrons. The first-order chi connectivity index (χ1) is 9.01. The molecule has 6 nitrogen and oxygen atoms in total. The highest BCUT2D eigenvalue weighted by Gasteiger charge is 2.20. The molecular weight excluding hydrogens is 258 g/mol. The van der Waals surface area contributed by atoms with Gasteiger partial charge in [0.25, 0.3) is 0 Å². The van der Waals surface area contributed by atoms with E-state index >= 15 is 0 Å². The highest BCUT2D eigenvalue weighted by Crippen LogP contribution is 2.09. The molecule has 0 saturated heterocycles. The zero-order chi connectivity index (χ0) is 15.9. The van der Waals surface area contributed by atoms with E-state index in [9.17, 15) is 9.59 Å². The monoisotopic (exact) mass is 287 g/mol. The number of urea groups is 1. The van der Waals surface area contributed by atoms with Gasteiger partial charge in [-0.1, -0.05) is 13.8 Å². The Morgan fingerprint density at radius 1 is 1.20 bits per heavy atom. The number of carbonyl (C=O) groups excluding carboxylic acids is 2. The Kier molecular flexibility index (Phi) is 7.39. The molecule has 1 atom stereocenters. The molecule has 0 spiro atoms. The Hall–Kier alpha value is -1.46. The van der Waals surface area contributed by atoms with Crippen LogP contribution in [0.4, 0.5) is 9.59 Å². The van der Waals surface area contributed by atoms with Gasteiger partial charge in [-0.15, -0.1) is 0 Å². The second kappa shape index (κ2) is 7.97. The normalized spacial score (nSPS) is 12.8. The van der Waals surface area contributed by atoms with Crippen LogP contribution in [0.5, 0.6) is 0 Å². The maximum absolute atomic E-state index is 11.8. The molecule has 3 amide bonds. The molecular formula is C14H29N3O3. The average molecular weight is 287 g/mol. The van der Waals surface area contributed by atoms with Crippen LogP contribution in [-0.2, 0) is 4.74 Å². The van der Waals surface area contributed by atoms with Crippen molar-refractivity contribution < 1.29 is 14.3 Å². The summed E-state index contributed by atoms with van der Waals surface area (Å²) >= 11 is 0. The molecule has 0 aliphatic rings. The lowest BCUT2D eigenvalue weighted by molar-refractivity contribution is 0.0498. The van der Waals surface area contributed by atoms with Crippen molar-refractivity contribution in [1.29, 1.82) is 0 Å². The van der Waals surface area contributed by atoms with Gasteiger partial charge in [-0.3, -0.25) is 0 Å². The smallest absolute Gasteiger partial charge is 0.407 e. The van der Waals surface area contributed by atoms with Gasteiger partial charge >= 0.3 is 12.1 Å². The number of nitrogens with zero attached hydrogens (tertiary/aromatic N) is 1. The Balaban J connectivity index is 4.42. The average Bonchev–Trinajstić information content (AvgIpc) is 2.21. The molecule has 0 aliphatic carbocycles. The van der Waals surface area contributed by atoms with Gasteiger partial charge in [0, 0.05) is 26.7 Å². The highest BCUT2D eigenvalue weighted by atomic mass is 16.6. The van der Waals surface area contributed by atoms with Crippen LogP contribution in [0, 0.1) is 5.92 Å². The van der Waals surface area contributed by atoms with Gasteiger partial charge in [0.2, 0.25) is 0 Å². The number of carbonyl (C=O) groups is 2. The summed E-state index contributed by atoms with van der Waals surface area (Å²) in [5, 5.41) is 5.58. The third-order valence-electron chi connectivity index (χ3n) is 2.38. The Morgan fingerprint density at radius 3 is 2.15 bits per heavy atom. The van der Waals surface area contributed by atoms with Crippen molar-refractivity contribution in [2.45, 2.75) is 52.7 Å². The standard InChI is InChI=1S/C14H29N3O3/c1-10(2)8-11(9-15-12(18)17(6)7)16-13(19)20-14(3,4)5/h10-11H,8-9H2,1-7H3,(H,15,18)(H,16,19)/t11-/m0/s1. The van der Waals surface area contributed by atoms with Crippen LogP contribution in [0.15, 0.2) is 0 Å². The predicted octanol–water partition coefficient (Wildman–Crippen LogP) is 2.20. The number of alkyl carbamates (subject to hydrolysis) is 1. The van der Waals surface area contributed by atoms with E-state index in [0.717, 1.165) is 6.42 Å². The molecule has 0 aromatic heterocycles. The summed E-state index contributed by atoms with van der Waals surface area (Å²) in [5.41, 5.74) is -0.528. The van der Waals surface area contributed by atoms with Gasteiger partial charge in [0.1, 0.15) is 5.60 Å². The molecule has 0 fully saturated rings. The third-order valence-corrected chi connectivity index (χ3v) is 2.38.